The molecule has 0 aromatic rings. The summed E-state index contributed by atoms with van der Waals surface area (Å²) in [4.78, 5) is 4.18. The van der Waals surface area contributed by atoms with Crippen LogP contribution in [0, 0.1) is 5.92 Å². The first-order valence-corrected chi connectivity index (χ1v) is 7.04. The summed E-state index contributed by atoms with van der Waals surface area (Å²) in [6.07, 6.45) is 10.8. The summed E-state index contributed by atoms with van der Waals surface area (Å²) < 4.78 is 0. The van der Waals surface area contributed by atoms with Crippen molar-refractivity contribution < 1.29 is 0 Å². The van der Waals surface area contributed by atoms with E-state index >= 15 is 0 Å². The van der Waals surface area contributed by atoms with Gasteiger partial charge in [-0.25, -0.2) is 0 Å². The number of hydrogen-bond acceptors (Lipinski definition) is 1. The van der Waals surface area contributed by atoms with E-state index in [9.17, 15) is 0 Å². The van der Waals surface area contributed by atoms with E-state index in [1.165, 1.54) is 16.7 Å². The molecule has 0 bridgehead atoms. The van der Waals surface area contributed by atoms with Gasteiger partial charge in [0.15, 0.2) is 0 Å². The summed E-state index contributed by atoms with van der Waals surface area (Å²) in [6, 6.07) is 0. The molecule has 1 heteroatoms. The van der Waals surface area contributed by atoms with Crippen molar-refractivity contribution in [3.8, 4) is 0 Å². The Hall–Kier alpha value is -1.37. The molecule has 0 aromatic carbocycles. The van der Waals surface area contributed by atoms with Crippen LogP contribution >= 0.6 is 0 Å². The summed E-state index contributed by atoms with van der Waals surface area (Å²) in [5.41, 5.74) is 4.92. The fraction of sp³-hybridized carbons (Fsp3) is 0.500. The lowest BCUT2D eigenvalue weighted by Gasteiger charge is -2.08. The molecule has 19 heavy (non-hydrogen) atoms. The molecule has 0 unspecified atom stereocenters. The van der Waals surface area contributed by atoms with Gasteiger partial charge in [-0.15, -0.1) is 0 Å². The molecule has 0 rings (SSSR count). The SMILES string of the molecule is C=C(CC/C=C(\C=C/C)C(/C)=C/C(C)=N\C)C(C)C. The van der Waals surface area contributed by atoms with E-state index in [4.69, 9.17) is 0 Å². The van der Waals surface area contributed by atoms with Crippen molar-refractivity contribution >= 4 is 5.71 Å². The quantitative estimate of drug-likeness (QED) is 0.324. The molecule has 0 heterocycles. The normalized spacial score (nSPS) is 14.6. The number of aliphatic imine (C=N–C) groups is 1. The monoisotopic (exact) mass is 259 g/mol. The van der Waals surface area contributed by atoms with Gasteiger partial charge in [0.2, 0.25) is 0 Å². The van der Waals surface area contributed by atoms with Crippen molar-refractivity contribution in [1.29, 1.82) is 0 Å². The zero-order valence-corrected chi connectivity index (χ0v) is 13.5. The first-order valence-electron chi connectivity index (χ1n) is 7.04. The van der Waals surface area contributed by atoms with Gasteiger partial charge in [-0.05, 0) is 56.8 Å². The van der Waals surface area contributed by atoms with Crippen LogP contribution < -0.4 is 0 Å². The summed E-state index contributed by atoms with van der Waals surface area (Å²) >= 11 is 0. The molecular weight excluding hydrogens is 230 g/mol. The molecular formula is C18H29N. The van der Waals surface area contributed by atoms with E-state index in [0.717, 1.165) is 18.6 Å². The second-order valence-corrected chi connectivity index (χ2v) is 5.20. The molecule has 0 radical (unpaired) electrons. The van der Waals surface area contributed by atoms with Crippen LogP contribution in [0.2, 0.25) is 0 Å². The molecule has 0 aromatic heterocycles. The van der Waals surface area contributed by atoms with Gasteiger partial charge in [-0.2, -0.15) is 0 Å². The van der Waals surface area contributed by atoms with Crippen LogP contribution in [0.1, 0.15) is 47.5 Å². The van der Waals surface area contributed by atoms with E-state index in [1.807, 2.05) is 14.0 Å². The Balaban J connectivity index is 4.83. The van der Waals surface area contributed by atoms with Crippen LogP contribution in [0.25, 0.3) is 0 Å². The lowest BCUT2D eigenvalue weighted by atomic mass is 9.98. The van der Waals surface area contributed by atoms with Crippen LogP contribution in [0.5, 0.6) is 0 Å². The molecule has 0 aliphatic rings. The lowest BCUT2D eigenvalue weighted by Crippen LogP contribution is -1.93. The molecule has 106 valence electrons. The lowest BCUT2D eigenvalue weighted by molar-refractivity contribution is 0.718. The maximum absolute atomic E-state index is 4.18. The zero-order chi connectivity index (χ0) is 14.8. The summed E-state index contributed by atoms with van der Waals surface area (Å²) in [5.74, 6) is 0.574. The molecule has 1 nitrogen and oxygen atoms in total. The van der Waals surface area contributed by atoms with Crippen molar-refractivity contribution in [2.24, 2.45) is 10.9 Å². The first-order chi connectivity index (χ1) is 8.92. The molecule has 0 saturated heterocycles. The van der Waals surface area contributed by atoms with Gasteiger partial charge in [0.1, 0.15) is 0 Å². The van der Waals surface area contributed by atoms with Gasteiger partial charge in [-0.1, -0.05) is 44.2 Å². The van der Waals surface area contributed by atoms with Crippen LogP contribution in [0.3, 0.4) is 0 Å². The van der Waals surface area contributed by atoms with E-state index in [2.05, 4.69) is 63.6 Å². The molecule has 0 spiro atoms. The number of allylic oxidation sites excluding steroid dienone is 7. The van der Waals surface area contributed by atoms with E-state index < -0.39 is 0 Å². The van der Waals surface area contributed by atoms with Crippen LogP contribution in [-0.4, -0.2) is 12.8 Å². The molecule has 0 amide bonds. The van der Waals surface area contributed by atoms with Crippen molar-refractivity contribution in [3.05, 3.63) is 47.6 Å². The third-order valence-corrected chi connectivity index (χ3v) is 3.23. The highest BCUT2D eigenvalue weighted by Crippen LogP contribution is 2.17. The van der Waals surface area contributed by atoms with Gasteiger partial charge in [-0.3, -0.25) is 4.99 Å². The van der Waals surface area contributed by atoms with E-state index in [-0.39, 0.29) is 0 Å². The third kappa shape index (κ3) is 7.61. The Morgan fingerprint density at radius 1 is 1.26 bits per heavy atom. The van der Waals surface area contributed by atoms with E-state index in [0.29, 0.717) is 5.92 Å². The molecule has 0 aliphatic heterocycles. The smallest absolute Gasteiger partial charge is 0.0316 e. The Morgan fingerprint density at radius 2 is 1.89 bits per heavy atom. The summed E-state index contributed by atoms with van der Waals surface area (Å²) in [6.45, 7) is 14.7. The number of rotatable bonds is 7. The van der Waals surface area contributed by atoms with Gasteiger partial charge >= 0.3 is 0 Å². The Kier molecular flexibility index (Phi) is 8.86. The largest absolute Gasteiger partial charge is 0.293 e. The molecule has 0 fully saturated rings. The van der Waals surface area contributed by atoms with Gasteiger partial charge in [0, 0.05) is 12.8 Å². The van der Waals surface area contributed by atoms with E-state index in [1.54, 1.807) is 0 Å². The van der Waals surface area contributed by atoms with Crippen molar-refractivity contribution in [3.63, 3.8) is 0 Å². The molecule has 0 saturated carbocycles. The predicted molar refractivity (Wildman–Crippen MR) is 88.9 cm³/mol. The van der Waals surface area contributed by atoms with Gasteiger partial charge in [0.05, 0.1) is 0 Å². The minimum atomic E-state index is 0.574. The standard InChI is InChI=1S/C18H29N/c1-8-10-18(16(5)13-17(6)19-7)12-9-11-15(4)14(2)3/h8,10,12-14H,4,9,11H2,1-3,5-7H3/b10-8-,16-13+,18-12+,19-17-. The second kappa shape index (κ2) is 9.55. The van der Waals surface area contributed by atoms with Crippen LogP contribution in [0.4, 0.5) is 0 Å². The van der Waals surface area contributed by atoms with Crippen LogP contribution in [0.15, 0.2) is 52.6 Å². The number of nitrogens with zero attached hydrogens (tertiary/aromatic N) is 1. The van der Waals surface area contributed by atoms with Crippen molar-refractivity contribution in [1.82, 2.24) is 0 Å². The molecule has 0 N–H and O–H groups in total. The highest BCUT2D eigenvalue weighted by molar-refractivity contribution is 5.93. The first kappa shape index (κ1) is 17.6. The van der Waals surface area contributed by atoms with Gasteiger partial charge < -0.3 is 0 Å². The number of hydrogen-bond donors (Lipinski definition) is 0. The minimum absolute atomic E-state index is 0.574. The fourth-order valence-electron chi connectivity index (χ4n) is 1.70. The topological polar surface area (TPSA) is 12.4 Å². The Morgan fingerprint density at radius 3 is 2.37 bits per heavy atom. The van der Waals surface area contributed by atoms with Gasteiger partial charge in [0.25, 0.3) is 0 Å². The highest BCUT2D eigenvalue weighted by Gasteiger charge is 2.00. The minimum Gasteiger partial charge on any atom is -0.293 e. The average Bonchev–Trinajstić information content (AvgIpc) is 2.36. The van der Waals surface area contributed by atoms with Crippen LogP contribution in [-0.2, 0) is 0 Å². The fourth-order valence-corrected chi connectivity index (χ4v) is 1.70. The summed E-state index contributed by atoms with van der Waals surface area (Å²) in [5, 5.41) is 0. The molecule has 0 aliphatic carbocycles. The van der Waals surface area contributed by atoms with Crippen molar-refractivity contribution in [2.45, 2.75) is 47.5 Å². The Labute approximate surface area is 119 Å². The average molecular weight is 259 g/mol. The maximum Gasteiger partial charge on any atom is 0.0316 e. The zero-order valence-electron chi connectivity index (χ0n) is 13.5. The maximum atomic E-state index is 4.18. The summed E-state index contributed by atoms with van der Waals surface area (Å²) in [7, 11) is 1.82. The third-order valence-electron chi connectivity index (χ3n) is 3.23. The Bertz CT molecular complexity index is 403. The van der Waals surface area contributed by atoms with Crippen molar-refractivity contribution in [2.75, 3.05) is 7.05 Å². The highest BCUT2D eigenvalue weighted by atomic mass is 14.7. The predicted octanol–water partition coefficient (Wildman–Crippen LogP) is 5.52. The molecule has 0 atom stereocenters. The second-order valence-electron chi connectivity index (χ2n) is 5.20.